The van der Waals surface area contributed by atoms with Crippen LogP contribution in [0.1, 0.15) is 41.5 Å². The average molecular weight is 436 g/mol. The molecule has 9 nitrogen and oxygen atoms in total. The molecule has 0 aliphatic carbocycles. The fourth-order valence-corrected chi connectivity index (χ4v) is 4.02. The minimum atomic E-state index is -0.414. The maximum atomic E-state index is 13.0. The Bertz CT molecular complexity index is 1320. The van der Waals surface area contributed by atoms with Gasteiger partial charge in [0.1, 0.15) is 0 Å². The van der Waals surface area contributed by atoms with Crippen molar-refractivity contribution in [2.24, 2.45) is 0 Å². The summed E-state index contributed by atoms with van der Waals surface area (Å²) in [6, 6.07) is 6.80. The molecule has 0 saturated heterocycles. The molecule has 31 heavy (non-hydrogen) atoms. The second-order valence-corrected chi connectivity index (χ2v) is 8.34. The lowest BCUT2D eigenvalue weighted by Gasteiger charge is -2.08. The van der Waals surface area contributed by atoms with Gasteiger partial charge in [0.2, 0.25) is 0 Å². The molecule has 4 rings (SSSR count). The van der Waals surface area contributed by atoms with E-state index in [0.29, 0.717) is 44.2 Å². The van der Waals surface area contributed by atoms with Gasteiger partial charge in [0.05, 0.1) is 27.8 Å². The van der Waals surface area contributed by atoms with E-state index in [1.165, 1.54) is 17.4 Å². The zero-order valence-corrected chi connectivity index (χ0v) is 18.2. The summed E-state index contributed by atoms with van der Waals surface area (Å²) in [5.41, 5.74) is 3.64. The van der Waals surface area contributed by atoms with Gasteiger partial charge in [0.15, 0.2) is 10.8 Å². The zero-order valence-electron chi connectivity index (χ0n) is 17.4. The quantitative estimate of drug-likeness (QED) is 0.351. The molecule has 3 aromatic heterocycles. The third-order valence-electron chi connectivity index (χ3n) is 4.85. The summed E-state index contributed by atoms with van der Waals surface area (Å²) in [5.74, 6) is -0.311. The first-order valence-electron chi connectivity index (χ1n) is 9.61. The van der Waals surface area contributed by atoms with Gasteiger partial charge in [-0.1, -0.05) is 12.1 Å². The number of anilines is 1. The topological polar surface area (TPSA) is 116 Å². The second-order valence-electron chi connectivity index (χ2n) is 7.48. The van der Waals surface area contributed by atoms with Crippen LogP contribution in [-0.4, -0.2) is 30.6 Å². The Hall–Kier alpha value is -3.66. The van der Waals surface area contributed by atoms with Crippen molar-refractivity contribution in [2.45, 2.75) is 33.7 Å². The van der Waals surface area contributed by atoms with Crippen molar-refractivity contribution in [1.29, 1.82) is 0 Å². The summed E-state index contributed by atoms with van der Waals surface area (Å²) in [7, 11) is 0. The fourth-order valence-electron chi connectivity index (χ4n) is 3.30. The maximum absolute atomic E-state index is 13.0. The molecule has 0 bridgehead atoms. The largest absolute Gasteiger partial charge is 0.298 e. The first-order valence-corrected chi connectivity index (χ1v) is 10.5. The number of fused-ring (bicyclic) bond motifs is 1. The summed E-state index contributed by atoms with van der Waals surface area (Å²) in [6.07, 6.45) is 1.65. The lowest BCUT2D eigenvalue weighted by molar-refractivity contribution is -0.385. The number of amides is 1. The number of aryl methyl sites for hydroxylation is 2. The van der Waals surface area contributed by atoms with Gasteiger partial charge in [-0.2, -0.15) is 5.10 Å². The minimum Gasteiger partial charge on any atom is -0.298 e. The molecule has 3 heterocycles. The number of benzene rings is 1. The third kappa shape index (κ3) is 3.89. The van der Waals surface area contributed by atoms with Crippen molar-refractivity contribution >= 4 is 39.1 Å². The number of aromatic nitrogens is 4. The van der Waals surface area contributed by atoms with Crippen LogP contribution in [0.2, 0.25) is 0 Å². The predicted octanol–water partition coefficient (Wildman–Crippen LogP) is 4.91. The van der Waals surface area contributed by atoms with Crippen LogP contribution in [0.4, 0.5) is 10.8 Å². The summed E-state index contributed by atoms with van der Waals surface area (Å²) < 4.78 is 1.78. The number of hydrogen-bond acceptors (Lipinski definition) is 7. The van der Waals surface area contributed by atoms with Gasteiger partial charge >= 0.3 is 0 Å². The Kier molecular flexibility index (Phi) is 5.24. The Morgan fingerprint density at radius 3 is 2.71 bits per heavy atom. The van der Waals surface area contributed by atoms with Crippen LogP contribution in [0.15, 0.2) is 35.8 Å². The lowest BCUT2D eigenvalue weighted by Crippen LogP contribution is -2.13. The van der Waals surface area contributed by atoms with Crippen LogP contribution in [0.5, 0.6) is 0 Å². The fraction of sp³-hybridized carbons (Fsp3) is 0.238. The van der Waals surface area contributed by atoms with Gasteiger partial charge in [-0.25, -0.2) is 14.6 Å². The van der Waals surface area contributed by atoms with E-state index in [1.54, 1.807) is 41.4 Å². The Labute approximate surface area is 181 Å². The van der Waals surface area contributed by atoms with Crippen LogP contribution >= 0.6 is 11.3 Å². The number of hydrogen-bond donors (Lipinski definition) is 1. The Morgan fingerprint density at radius 2 is 2.00 bits per heavy atom. The van der Waals surface area contributed by atoms with E-state index in [1.807, 2.05) is 20.8 Å². The molecule has 158 valence electrons. The lowest BCUT2D eigenvalue weighted by atomic mass is 10.1. The van der Waals surface area contributed by atoms with Gasteiger partial charge in [0.25, 0.3) is 11.6 Å². The van der Waals surface area contributed by atoms with E-state index >= 15 is 0 Å². The van der Waals surface area contributed by atoms with Crippen molar-refractivity contribution in [3.63, 3.8) is 0 Å². The smallest absolute Gasteiger partial charge is 0.272 e. The number of carbonyl (C=O) groups is 1. The predicted molar refractivity (Wildman–Crippen MR) is 120 cm³/mol. The van der Waals surface area contributed by atoms with E-state index in [9.17, 15) is 14.9 Å². The molecule has 0 aliphatic rings. The van der Waals surface area contributed by atoms with Crippen molar-refractivity contribution < 1.29 is 9.72 Å². The number of nitro benzene ring substituents is 1. The Morgan fingerprint density at radius 1 is 1.23 bits per heavy atom. The van der Waals surface area contributed by atoms with Crippen molar-refractivity contribution in [3.8, 4) is 11.3 Å². The molecule has 1 amide bonds. The van der Waals surface area contributed by atoms with Crippen LogP contribution < -0.4 is 5.32 Å². The van der Waals surface area contributed by atoms with E-state index in [-0.39, 0.29) is 17.6 Å². The van der Waals surface area contributed by atoms with E-state index in [2.05, 4.69) is 20.4 Å². The molecule has 0 spiro atoms. The molecule has 1 aromatic carbocycles. The SMILES string of the molecule is Cc1cc(C(=O)Nc2nc(-c3ccc(C)c([N+](=O)[O-])c3)cs2)c2cnn(C(C)C)c2n1. The van der Waals surface area contributed by atoms with Crippen LogP contribution in [-0.2, 0) is 0 Å². The first-order chi connectivity index (χ1) is 14.7. The average Bonchev–Trinajstić information content (AvgIpc) is 3.34. The van der Waals surface area contributed by atoms with Gasteiger partial charge in [-0.3, -0.25) is 20.2 Å². The molecule has 0 unspecified atom stereocenters. The maximum Gasteiger partial charge on any atom is 0.272 e. The van der Waals surface area contributed by atoms with E-state index in [0.717, 1.165) is 0 Å². The molecule has 1 N–H and O–H groups in total. The van der Waals surface area contributed by atoms with Crippen molar-refractivity contribution in [1.82, 2.24) is 19.7 Å². The molecular weight excluding hydrogens is 416 g/mol. The van der Waals surface area contributed by atoms with Crippen LogP contribution in [0.25, 0.3) is 22.3 Å². The number of rotatable bonds is 5. The molecule has 0 fully saturated rings. The van der Waals surface area contributed by atoms with Gasteiger partial charge < -0.3 is 0 Å². The summed E-state index contributed by atoms with van der Waals surface area (Å²) >= 11 is 1.26. The van der Waals surface area contributed by atoms with Gasteiger partial charge in [-0.15, -0.1) is 11.3 Å². The highest BCUT2D eigenvalue weighted by Gasteiger charge is 2.19. The standard InChI is InChI=1S/C21H20N6O3S/c1-11(2)26-19-16(9-22-26)15(7-13(4)23-19)20(28)25-21-24-17(10-31-21)14-6-5-12(3)18(8-14)27(29)30/h5-11H,1-4H3,(H,24,25,28). The number of pyridine rings is 1. The molecule has 0 radical (unpaired) electrons. The molecule has 0 saturated carbocycles. The highest BCUT2D eigenvalue weighted by atomic mass is 32.1. The summed E-state index contributed by atoms with van der Waals surface area (Å²) in [5, 5.41) is 21.2. The molecule has 0 aliphatic heterocycles. The molecule has 4 aromatic rings. The highest BCUT2D eigenvalue weighted by molar-refractivity contribution is 7.14. The number of nitrogens with one attached hydrogen (secondary N) is 1. The van der Waals surface area contributed by atoms with E-state index < -0.39 is 4.92 Å². The molecular formula is C21H20N6O3S. The second kappa shape index (κ2) is 7.88. The number of carbonyl (C=O) groups excluding carboxylic acids is 1. The number of nitrogens with zero attached hydrogens (tertiary/aromatic N) is 5. The van der Waals surface area contributed by atoms with Crippen molar-refractivity contribution in [2.75, 3.05) is 5.32 Å². The van der Waals surface area contributed by atoms with Crippen LogP contribution in [0.3, 0.4) is 0 Å². The van der Waals surface area contributed by atoms with Crippen LogP contribution in [0, 0.1) is 24.0 Å². The third-order valence-corrected chi connectivity index (χ3v) is 5.61. The van der Waals surface area contributed by atoms with Gasteiger partial charge in [-0.05, 0) is 33.8 Å². The Balaban J connectivity index is 1.63. The number of thiazole rings is 1. The van der Waals surface area contributed by atoms with E-state index in [4.69, 9.17) is 0 Å². The van der Waals surface area contributed by atoms with Gasteiger partial charge in [0, 0.05) is 34.3 Å². The minimum absolute atomic E-state index is 0.0351. The molecule has 10 heteroatoms. The normalized spacial score (nSPS) is 11.3. The summed E-state index contributed by atoms with van der Waals surface area (Å²) in [6.45, 7) is 7.53. The molecule has 0 atom stereocenters. The summed E-state index contributed by atoms with van der Waals surface area (Å²) in [4.78, 5) is 32.8. The number of nitro groups is 1. The monoisotopic (exact) mass is 436 g/mol. The highest BCUT2D eigenvalue weighted by Crippen LogP contribution is 2.30. The zero-order chi connectivity index (χ0) is 22.3. The first kappa shape index (κ1) is 20.6. The van der Waals surface area contributed by atoms with Crippen molar-refractivity contribution in [3.05, 3.63) is 62.8 Å².